The summed E-state index contributed by atoms with van der Waals surface area (Å²) in [4.78, 5) is 12.6. The number of halogens is 3. The molecule has 3 atom stereocenters. The number of benzene rings is 2. The van der Waals surface area contributed by atoms with Crippen LogP contribution in [-0.4, -0.2) is 5.97 Å². The van der Waals surface area contributed by atoms with Crippen molar-refractivity contribution >= 4 is 40.8 Å². The predicted octanol–water partition coefficient (Wildman–Crippen LogP) is 6.83. The number of nitriles is 1. The smallest absolute Gasteiger partial charge is 0.311 e. The van der Waals surface area contributed by atoms with Crippen LogP contribution < -0.4 is 4.74 Å². The highest BCUT2D eigenvalue weighted by Gasteiger charge is 2.62. The van der Waals surface area contributed by atoms with E-state index in [-0.39, 0.29) is 15.8 Å². The lowest BCUT2D eigenvalue weighted by molar-refractivity contribution is -0.149. The van der Waals surface area contributed by atoms with E-state index < -0.39 is 18.0 Å². The summed E-state index contributed by atoms with van der Waals surface area (Å²) in [5, 5.41) is 10.2. The molecular formula is C22H18Cl3NO3. The molecule has 0 aromatic heterocycles. The molecule has 0 radical (unpaired) electrons. The second kappa shape index (κ2) is 8.67. The Kier molecular flexibility index (Phi) is 6.43. The molecular weight excluding hydrogens is 433 g/mol. The van der Waals surface area contributed by atoms with Crippen molar-refractivity contribution in [3.8, 4) is 17.6 Å². The van der Waals surface area contributed by atoms with E-state index in [2.05, 4.69) is 0 Å². The minimum absolute atomic E-state index is 0.113. The number of hydrogen-bond donors (Lipinski definition) is 0. The number of allylic oxidation sites excluding steroid dienone is 1. The molecule has 2 aromatic carbocycles. The van der Waals surface area contributed by atoms with Gasteiger partial charge in [-0.3, -0.25) is 4.79 Å². The highest BCUT2D eigenvalue weighted by Crippen LogP contribution is 2.60. The summed E-state index contributed by atoms with van der Waals surface area (Å²) in [6.45, 7) is 3.86. The van der Waals surface area contributed by atoms with E-state index in [0.717, 1.165) is 0 Å². The van der Waals surface area contributed by atoms with Gasteiger partial charge >= 0.3 is 5.97 Å². The molecule has 0 saturated heterocycles. The molecule has 0 bridgehead atoms. The third kappa shape index (κ3) is 5.05. The van der Waals surface area contributed by atoms with Crippen LogP contribution in [0.1, 0.15) is 25.5 Å². The lowest BCUT2D eigenvalue weighted by Crippen LogP contribution is -2.14. The Balaban J connectivity index is 1.72. The maximum Gasteiger partial charge on any atom is 0.311 e. The molecule has 0 spiro atoms. The van der Waals surface area contributed by atoms with Crippen molar-refractivity contribution in [3.63, 3.8) is 0 Å². The van der Waals surface area contributed by atoms with E-state index in [0.29, 0.717) is 22.1 Å². The SMILES string of the molecule is CC1(C)[C@H](C=C(Cl)Cl)[C@H]1C(=O)OC(C#N)c1cccc(Oc2ccc(Cl)cc2)c1. The number of hydrogen-bond acceptors (Lipinski definition) is 4. The third-order valence-electron chi connectivity index (χ3n) is 5.03. The van der Waals surface area contributed by atoms with Gasteiger partial charge in [-0.25, -0.2) is 0 Å². The van der Waals surface area contributed by atoms with Gasteiger partial charge in [-0.15, -0.1) is 0 Å². The van der Waals surface area contributed by atoms with E-state index in [1.807, 2.05) is 19.9 Å². The molecule has 3 rings (SSSR count). The fourth-order valence-electron chi connectivity index (χ4n) is 3.31. The van der Waals surface area contributed by atoms with Crippen LogP contribution in [0.15, 0.2) is 59.1 Å². The molecule has 1 aliphatic rings. The topological polar surface area (TPSA) is 59.3 Å². The van der Waals surface area contributed by atoms with E-state index in [1.54, 1.807) is 54.6 Å². The summed E-state index contributed by atoms with van der Waals surface area (Å²) < 4.78 is 11.4. The minimum atomic E-state index is -1.05. The molecule has 2 aromatic rings. The second-order valence-electron chi connectivity index (χ2n) is 7.36. The number of nitrogens with zero attached hydrogens (tertiary/aromatic N) is 1. The first kappa shape index (κ1) is 21.5. The van der Waals surface area contributed by atoms with Gasteiger partial charge in [-0.05, 0) is 53.8 Å². The Bertz CT molecular complexity index is 976. The molecule has 1 unspecified atom stereocenters. The number of ether oxygens (including phenoxy) is 2. The number of esters is 1. The zero-order chi connectivity index (χ0) is 21.2. The zero-order valence-corrected chi connectivity index (χ0v) is 18.0. The van der Waals surface area contributed by atoms with Crippen molar-refractivity contribution in [1.82, 2.24) is 0 Å². The van der Waals surface area contributed by atoms with Crippen molar-refractivity contribution < 1.29 is 14.3 Å². The normalized spacial score (nSPS) is 20.1. The van der Waals surface area contributed by atoms with Crippen LogP contribution in [0.2, 0.25) is 5.02 Å². The average Bonchev–Trinajstić information content (AvgIpc) is 3.21. The summed E-state index contributed by atoms with van der Waals surface area (Å²) in [6.07, 6.45) is 0.584. The Morgan fingerprint density at radius 3 is 2.48 bits per heavy atom. The summed E-state index contributed by atoms with van der Waals surface area (Å²) in [5.74, 6) is 0.131. The maximum absolute atomic E-state index is 12.6. The van der Waals surface area contributed by atoms with Crippen LogP contribution in [-0.2, 0) is 9.53 Å². The summed E-state index contributed by atoms with van der Waals surface area (Å²) >= 11 is 17.3. The van der Waals surface area contributed by atoms with Gasteiger partial charge in [0, 0.05) is 10.6 Å². The molecule has 7 heteroatoms. The van der Waals surface area contributed by atoms with Gasteiger partial charge < -0.3 is 9.47 Å². The molecule has 150 valence electrons. The molecule has 4 nitrogen and oxygen atoms in total. The largest absolute Gasteiger partial charge is 0.457 e. The lowest BCUT2D eigenvalue weighted by Gasteiger charge is -2.13. The van der Waals surface area contributed by atoms with Crippen LogP contribution >= 0.6 is 34.8 Å². The van der Waals surface area contributed by atoms with Crippen LogP contribution in [0.5, 0.6) is 11.5 Å². The number of carbonyl (C=O) groups excluding carboxylic acids is 1. The van der Waals surface area contributed by atoms with Crippen molar-refractivity contribution in [2.75, 3.05) is 0 Å². The zero-order valence-electron chi connectivity index (χ0n) is 15.7. The molecule has 0 N–H and O–H groups in total. The molecule has 1 saturated carbocycles. The van der Waals surface area contributed by atoms with Gasteiger partial charge in [0.15, 0.2) is 0 Å². The van der Waals surface area contributed by atoms with Crippen molar-refractivity contribution in [2.45, 2.75) is 20.0 Å². The number of carbonyl (C=O) groups is 1. The van der Waals surface area contributed by atoms with E-state index in [4.69, 9.17) is 44.3 Å². The molecule has 29 heavy (non-hydrogen) atoms. The maximum atomic E-state index is 12.6. The van der Waals surface area contributed by atoms with Gasteiger partial charge in [-0.1, -0.05) is 60.8 Å². The predicted molar refractivity (Wildman–Crippen MR) is 113 cm³/mol. The highest BCUT2D eigenvalue weighted by molar-refractivity contribution is 6.55. The van der Waals surface area contributed by atoms with Crippen molar-refractivity contribution in [1.29, 1.82) is 5.26 Å². The van der Waals surface area contributed by atoms with Crippen LogP contribution in [0, 0.1) is 28.6 Å². The molecule has 1 aliphatic carbocycles. The van der Waals surface area contributed by atoms with Crippen molar-refractivity contribution in [3.05, 3.63) is 69.7 Å². The first-order valence-corrected chi connectivity index (χ1v) is 10.0. The number of rotatable bonds is 6. The third-order valence-corrected chi connectivity index (χ3v) is 5.54. The summed E-state index contributed by atoms with van der Waals surface area (Å²) in [5.41, 5.74) is 0.194. The van der Waals surface area contributed by atoms with E-state index in [9.17, 15) is 10.1 Å². The van der Waals surface area contributed by atoms with Crippen LogP contribution in [0.4, 0.5) is 0 Å². The summed E-state index contributed by atoms with van der Waals surface area (Å²) in [6, 6.07) is 15.8. The fourth-order valence-corrected chi connectivity index (χ4v) is 3.71. The van der Waals surface area contributed by atoms with Gasteiger partial charge in [0.25, 0.3) is 0 Å². The molecule has 0 heterocycles. The van der Waals surface area contributed by atoms with Gasteiger partial charge in [0.1, 0.15) is 22.1 Å². The Labute approximate surface area is 184 Å². The van der Waals surface area contributed by atoms with Crippen molar-refractivity contribution in [2.24, 2.45) is 17.3 Å². The van der Waals surface area contributed by atoms with Gasteiger partial charge in [-0.2, -0.15) is 5.26 Å². The molecule has 1 fully saturated rings. The Morgan fingerprint density at radius 2 is 1.86 bits per heavy atom. The quantitative estimate of drug-likeness (QED) is 0.452. The van der Waals surface area contributed by atoms with Crippen LogP contribution in [0.25, 0.3) is 0 Å². The first-order valence-electron chi connectivity index (χ1n) is 8.88. The standard InChI is InChI=1S/C22H18Cl3NO3/c1-22(2)17(11-19(24)25)20(22)21(27)29-18(12-26)13-4-3-5-16(10-13)28-15-8-6-14(23)7-9-15/h3-11,17-18,20H,1-2H3/t17-,18?,20+/m1/s1. The van der Waals surface area contributed by atoms with Crippen LogP contribution in [0.3, 0.4) is 0 Å². The first-order chi connectivity index (χ1) is 13.7. The highest BCUT2D eigenvalue weighted by atomic mass is 35.5. The molecule has 0 aliphatic heterocycles. The van der Waals surface area contributed by atoms with E-state index >= 15 is 0 Å². The second-order valence-corrected chi connectivity index (χ2v) is 8.80. The molecule has 0 amide bonds. The Morgan fingerprint density at radius 1 is 1.17 bits per heavy atom. The van der Waals surface area contributed by atoms with Gasteiger partial charge in [0.2, 0.25) is 6.10 Å². The fraction of sp³-hybridized carbons (Fsp3) is 0.273. The summed E-state index contributed by atoms with van der Waals surface area (Å²) in [7, 11) is 0. The minimum Gasteiger partial charge on any atom is -0.457 e. The van der Waals surface area contributed by atoms with E-state index in [1.165, 1.54) is 0 Å². The average molecular weight is 451 g/mol. The monoisotopic (exact) mass is 449 g/mol. The van der Waals surface area contributed by atoms with Gasteiger partial charge in [0.05, 0.1) is 5.92 Å². The Hall–Kier alpha value is -2.19. The lowest BCUT2D eigenvalue weighted by atomic mass is 10.1.